The fourth-order valence-corrected chi connectivity index (χ4v) is 2.51. The lowest BCUT2D eigenvalue weighted by molar-refractivity contribution is -0.930. The molecule has 0 bridgehead atoms. The Morgan fingerprint density at radius 2 is 1.40 bits per heavy atom. The maximum atomic E-state index is 10.6. The molecule has 0 aliphatic carbocycles. The third kappa shape index (κ3) is 3.47. The molecule has 0 amide bonds. The number of quaternary nitrogens is 1. The minimum Gasteiger partial charge on any atom is -0.382 e. The summed E-state index contributed by atoms with van der Waals surface area (Å²) < 4.78 is 0.750. The molecule has 0 unspecified atom stereocenters. The van der Waals surface area contributed by atoms with Gasteiger partial charge in [-0.25, -0.2) is 0 Å². The van der Waals surface area contributed by atoms with E-state index in [2.05, 4.69) is 45.3 Å². The van der Waals surface area contributed by atoms with Crippen LogP contribution in [0, 0.1) is 0 Å². The van der Waals surface area contributed by atoms with Crippen LogP contribution in [0.3, 0.4) is 0 Å². The van der Waals surface area contributed by atoms with Gasteiger partial charge in [-0.05, 0) is 12.5 Å². The van der Waals surface area contributed by atoms with Crippen molar-refractivity contribution in [2.75, 3.05) is 14.1 Å². The average molecular weight is 270 g/mol. The summed E-state index contributed by atoms with van der Waals surface area (Å²) in [6, 6.07) is 20.5. The molecule has 0 aliphatic heterocycles. The highest BCUT2D eigenvalue weighted by molar-refractivity contribution is 5.18. The number of nitrogens with zero attached hydrogens (tertiary/aromatic N) is 1. The van der Waals surface area contributed by atoms with Gasteiger partial charge in [-0.2, -0.15) is 0 Å². The van der Waals surface area contributed by atoms with Gasteiger partial charge < -0.3 is 9.59 Å². The van der Waals surface area contributed by atoms with Crippen LogP contribution < -0.4 is 0 Å². The summed E-state index contributed by atoms with van der Waals surface area (Å²) in [5.41, 5.74) is 2.28. The quantitative estimate of drug-likeness (QED) is 0.826. The van der Waals surface area contributed by atoms with E-state index in [0.29, 0.717) is 0 Å². The van der Waals surface area contributed by atoms with Crippen LogP contribution in [0.25, 0.3) is 0 Å². The first kappa shape index (κ1) is 14.8. The van der Waals surface area contributed by atoms with Gasteiger partial charge in [0.15, 0.2) is 0 Å². The minimum absolute atomic E-state index is 0.123. The first-order valence-corrected chi connectivity index (χ1v) is 7.10. The molecule has 0 aliphatic rings. The highest BCUT2D eigenvalue weighted by Gasteiger charge is 2.31. The van der Waals surface area contributed by atoms with E-state index in [1.165, 1.54) is 5.56 Å². The predicted octanol–water partition coefficient (Wildman–Crippen LogP) is 3.39. The first-order valence-electron chi connectivity index (χ1n) is 7.10. The minimum atomic E-state index is -0.449. The maximum absolute atomic E-state index is 10.6. The molecule has 20 heavy (non-hydrogen) atoms. The van der Waals surface area contributed by atoms with Gasteiger partial charge in [0.1, 0.15) is 18.7 Å². The monoisotopic (exact) mass is 270 g/mol. The van der Waals surface area contributed by atoms with Crippen molar-refractivity contribution in [2.24, 2.45) is 0 Å². The zero-order valence-electron chi connectivity index (χ0n) is 12.5. The summed E-state index contributed by atoms with van der Waals surface area (Å²) in [5, 5.41) is 10.6. The Labute approximate surface area is 121 Å². The summed E-state index contributed by atoms with van der Waals surface area (Å²) in [6.45, 7) is 3.02. The van der Waals surface area contributed by atoms with Crippen molar-refractivity contribution in [3.63, 3.8) is 0 Å². The lowest BCUT2D eigenvalue weighted by Crippen LogP contribution is -2.49. The lowest BCUT2D eigenvalue weighted by atomic mass is 10.0. The van der Waals surface area contributed by atoms with Gasteiger partial charge in [0.2, 0.25) is 0 Å². The van der Waals surface area contributed by atoms with Gasteiger partial charge in [-0.1, -0.05) is 60.7 Å². The molecule has 2 aromatic carbocycles. The van der Waals surface area contributed by atoms with Crippen LogP contribution in [-0.2, 0) is 6.54 Å². The van der Waals surface area contributed by atoms with E-state index in [0.717, 1.165) is 16.6 Å². The van der Waals surface area contributed by atoms with Crippen LogP contribution in [0.15, 0.2) is 60.7 Å². The van der Waals surface area contributed by atoms with Crippen molar-refractivity contribution in [1.82, 2.24) is 0 Å². The van der Waals surface area contributed by atoms with Crippen LogP contribution >= 0.6 is 0 Å². The van der Waals surface area contributed by atoms with Crippen molar-refractivity contribution in [2.45, 2.75) is 25.6 Å². The smallest absolute Gasteiger partial charge is 0.130 e. The highest BCUT2D eigenvalue weighted by Crippen LogP contribution is 2.25. The predicted molar refractivity (Wildman–Crippen MR) is 83.1 cm³/mol. The van der Waals surface area contributed by atoms with Gasteiger partial charge in [-0.3, -0.25) is 0 Å². The number of hydrogen-bond donors (Lipinski definition) is 1. The van der Waals surface area contributed by atoms with E-state index in [-0.39, 0.29) is 6.04 Å². The van der Waals surface area contributed by atoms with Crippen LogP contribution in [0.5, 0.6) is 0 Å². The third-order valence-corrected chi connectivity index (χ3v) is 4.13. The molecule has 0 saturated carbocycles. The van der Waals surface area contributed by atoms with E-state index in [1.807, 2.05) is 36.4 Å². The summed E-state index contributed by atoms with van der Waals surface area (Å²) >= 11 is 0. The Balaban J connectivity index is 2.12. The molecular weight excluding hydrogens is 246 g/mol. The zero-order chi connectivity index (χ0) is 14.6. The second kappa shape index (κ2) is 6.21. The molecule has 0 radical (unpaired) electrons. The highest BCUT2D eigenvalue weighted by atomic mass is 16.3. The first-order chi connectivity index (χ1) is 9.50. The van der Waals surface area contributed by atoms with Crippen LogP contribution in [-0.4, -0.2) is 29.7 Å². The number of benzene rings is 2. The maximum Gasteiger partial charge on any atom is 0.130 e. The standard InChI is InChI=1S/C18H24NO/c1-15(18(20)17-12-8-5-9-13-17)19(2,3)14-16-10-6-4-7-11-16/h4-13,15,18,20H,14H2,1-3H3/q+1/t15-,18-/m1/s1. The van der Waals surface area contributed by atoms with Gasteiger partial charge in [-0.15, -0.1) is 0 Å². The second-order valence-electron chi connectivity index (χ2n) is 6.02. The Kier molecular flexibility index (Phi) is 4.58. The Morgan fingerprint density at radius 1 is 0.900 bits per heavy atom. The molecule has 2 heteroatoms. The van der Waals surface area contributed by atoms with Crippen molar-refractivity contribution in [1.29, 1.82) is 0 Å². The molecule has 0 spiro atoms. The second-order valence-corrected chi connectivity index (χ2v) is 6.02. The topological polar surface area (TPSA) is 20.2 Å². The number of aliphatic hydroxyl groups excluding tert-OH is 1. The van der Waals surface area contributed by atoms with Gasteiger partial charge in [0.05, 0.1) is 14.1 Å². The Hall–Kier alpha value is -1.64. The van der Waals surface area contributed by atoms with E-state index in [4.69, 9.17) is 0 Å². The van der Waals surface area contributed by atoms with Crippen molar-refractivity contribution < 1.29 is 9.59 Å². The Morgan fingerprint density at radius 3 is 1.95 bits per heavy atom. The van der Waals surface area contributed by atoms with Gasteiger partial charge in [0, 0.05) is 5.56 Å². The molecule has 0 aromatic heterocycles. The number of rotatable bonds is 5. The normalized spacial score (nSPS) is 14.8. The van der Waals surface area contributed by atoms with Gasteiger partial charge in [0.25, 0.3) is 0 Å². The number of aliphatic hydroxyl groups is 1. The Bertz CT molecular complexity index is 522. The molecule has 2 nitrogen and oxygen atoms in total. The van der Waals surface area contributed by atoms with Gasteiger partial charge >= 0.3 is 0 Å². The molecule has 0 fully saturated rings. The fourth-order valence-electron chi connectivity index (χ4n) is 2.51. The summed E-state index contributed by atoms with van der Waals surface area (Å²) in [4.78, 5) is 0. The molecule has 0 saturated heterocycles. The van der Waals surface area contributed by atoms with Crippen LogP contribution in [0.2, 0.25) is 0 Å². The van der Waals surface area contributed by atoms with E-state index < -0.39 is 6.10 Å². The van der Waals surface area contributed by atoms with Crippen LogP contribution in [0.4, 0.5) is 0 Å². The van der Waals surface area contributed by atoms with Crippen molar-refractivity contribution in [3.05, 3.63) is 71.8 Å². The van der Waals surface area contributed by atoms with Crippen LogP contribution in [0.1, 0.15) is 24.2 Å². The van der Waals surface area contributed by atoms with E-state index in [9.17, 15) is 5.11 Å². The lowest BCUT2D eigenvalue weighted by Gasteiger charge is -2.38. The number of likely N-dealkylation sites (N-methyl/N-ethyl adjacent to an activating group) is 1. The molecule has 106 valence electrons. The molecular formula is C18H24NO+. The fraction of sp³-hybridized carbons (Fsp3) is 0.333. The summed E-state index contributed by atoms with van der Waals surface area (Å²) in [7, 11) is 4.34. The van der Waals surface area contributed by atoms with Crippen molar-refractivity contribution >= 4 is 0 Å². The third-order valence-electron chi connectivity index (χ3n) is 4.13. The SMILES string of the molecule is C[C@H]([C@@H](O)c1ccccc1)[N+](C)(C)Cc1ccccc1. The van der Waals surface area contributed by atoms with Crippen molar-refractivity contribution in [3.8, 4) is 0 Å². The zero-order valence-corrected chi connectivity index (χ0v) is 12.5. The summed E-state index contributed by atoms with van der Waals surface area (Å²) in [6.07, 6.45) is -0.449. The molecule has 2 aromatic rings. The summed E-state index contributed by atoms with van der Waals surface area (Å²) in [5.74, 6) is 0. The molecule has 2 rings (SSSR count). The van der Waals surface area contributed by atoms with E-state index >= 15 is 0 Å². The average Bonchev–Trinajstić information content (AvgIpc) is 2.47. The van der Waals surface area contributed by atoms with E-state index in [1.54, 1.807) is 0 Å². The molecule has 2 atom stereocenters. The molecule has 0 heterocycles. The number of hydrogen-bond acceptors (Lipinski definition) is 1. The molecule has 1 N–H and O–H groups in total. The largest absolute Gasteiger partial charge is 0.382 e.